The molecule has 2 aromatic heterocycles. The molecule has 0 bridgehead atoms. The van der Waals surface area contributed by atoms with Gasteiger partial charge in [0.05, 0.1) is 38.6 Å². The van der Waals surface area contributed by atoms with Gasteiger partial charge in [0.25, 0.3) is 11.2 Å². The minimum Gasteiger partial charge on any atom is -0.507 e. The van der Waals surface area contributed by atoms with Gasteiger partial charge in [0.1, 0.15) is 11.6 Å². The quantitative estimate of drug-likeness (QED) is 0.138. The van der Waals surface area contributed by atoms with E-state index in [0.29, 0.717) is 56.4 Å². The number of benzene rings is 4. The third-order valence-corrected chi connectivity index (χ3v) is 8.20. The van der Waals surface area contributed by atoms with E-state index in [2.05, 4.69) is 5.32 Å². The molecule has 11 nitrogen and oxygen atoms in total. The summed E-state index contributed by atoms with van der Waals surface area (Å²) in [6.45, 7) is 0. The molecule has 0 fully saturated rings. The SMILES string of the molecule is Cn1c2c(c(=O)n(C)c1=O)C(c1ccc([N+](=O)[O-])cc1)CC(c1c(O)c3ccccc3c3nc4ccccc4nc13)N2. The summed E-state index contributed by atoms with van der Waals surface area (Å²) in [4.78, 5) is 47.3. The maximum absolute atomic E-state index is 13.5. The Bertz CT molecular complexity index is 2220. The van der Waals surface area contributed by atoms with Crippen LogP contribution in [-0.4, -0.2) is 29.1 Å². The van der Waals surface area contributed by atoms with Crippen molar-refractivity contribution in [2.45, 2.75) is 18.4 Å². The van der Waals surface area contributed by atoms with E-state index in [1.165, 1.54) is 23.7 Å². The van der Waals surface area contributed by atoms with Crippen LogP contribution in [0.2, 0.25) is 0 Å². The molecule has 2 unspecified atom stereocenters. The number of non-ortho nitro benzene ring substituents is 1. The number of hydrogen-bond acceptors (Lipinski definition) is 8. The van der Waals surface area contributed by atoms with Crippen molar-refractivity contribution in [2.75, 3.05) is 5.32 Å². The molecule has 0 amide bonds. The number of nitro benzene ring substituents is 1. The van der Waals surface area contributed by atoms with Gasteiger partial charge in [-0.25, -0.2) is 14.8 Å². The first-order chi connectivity index (χ1) is 20.2. The van der Waals surface area contributed by atoms with Crippen molar-refractivity contribution in [3.05, 3.63) is 120 Å². The van der Waals surface area contributed by atoms with Crippen molar-refractivity contribution in [1.29, 1.82) is 0 Å². The van der Waals surface area contributed by atoms with Gasteiger partial charge in [-0.3, -0.25) is 24.0 Å². The topological polar surface area (TPSA) is 145 Å². The van der Waals surface area contributed by atoms with Crippen molar-refractivity contribution < 1.29 is 10.0 Å². The molecule has 0 spiro atoms. The number of phenols is 1. The zero-order valence-corrected chi connectivity index (χ0v) is 22.6. The molecule has 42 heavy (non-hydrogen) atoms. The van der Waals surface area contributed by atoms with Crippen LogP contribution in [0.25, 0.3) is 32.8 Å². The summed E-state index contributed by atoms with van der Waals surface area (Å²) in [6.07, 6.45) is 0.299. The van der Waals surface area contributed by atoms with Crippen LogP contribution in [0.3, 0.4) is 0 Å². The highest BCUT2D eigenvalue weighted by Crippen LogP contribution is 2.47. The summed E-state index contributed by atoms with van der Waals surface area (Å²) < 4.78 is 2.43. The Hall–Kier alpha value is -5.58. The minimum atomic E-state index is -0.599. The highest BCUT2D eigenvalue weighted by Gasteiger charge is 2.36. The Balaban J connectivity index is 1.53. The molecule has 2 atom stereocenters. The highest BCUT2D eigenvalue weighted by atomic mass is 16.6. The van der Waals surface area contributed by atoms with E-state index in [9.17, 15) is 24.8 Å². The molecular formula is C31H24N6O5. The lowest BCUT2D eigenvalue weighted by Crippen LogP contribution is -2.43. The van der Waals surface area contributed by atoms with E-state index in [0.717, 1.165) is 9.95 Å². The molecule has 4 aromatic carbocycles. The van der Waals surface area contributed by atoms with Crippen molar-refractivity contribution >= 4 is 44.3 Å². The van der Waals surface area contributed by atoms with Gasteiger partial charge >= 0.3 is 5.69 Å². The fourth-order valence-electron chi connectivity index (χ4n) is 6.12. The lowest BCUT2D eigenvalue weighted by atomic mass is 9.80. The molecule has 208 valence electrons. The summed E-state index contributed by atoms with van der Waals surface area (Å²) in [5, 5.41) is 27.8. The van der Waals surface area contributed by atoms with Crippen LogP contribution in [-0.2, 0) is 14.1 Å². The maximum atomic E-state index is 13.5. The van der Waals surface area contributed by atoms with Gasteiger partial charge in [0, 0.05) is 48.5 Å². The second-order valence-corrected chi connectivity index (χ2v) is 10.5. The van der Waals surface area contributed by atoms with Crippen LogP contribution in [0.4, 0.5) is 11.5 Å². The van der Waals surface area contributed by atoms with Crippen molar-refractivity contribution in [3.63, 3.8) is 0 Å². The molecule has 7 rings (SSSR count). The number of phenolic OH excluding ortho intramolecular Hbond substituents is 1. The molecule has 0 aliphatic carbocycles. The number of fused-ring (bicyclic) bond motifs is 5. The molecule has 11 heteroatoms. The van der Waals surface area contributed by atoms with Gasteiger partial charge in [0.15, 0.2) is 0 Å². The Morgan fingerprint density at radius 3 is 2.14 bits per heavy atom. The zero-order valence-electron chi connectivity index (χ0n) is 22.6. The summed E-state index contributed by atoms with van der Waals surface area (Å²) in [5.74, 6) is -0.205. The molecule has 2 N–H and O–H groups in total. The van der Waals surface area contributed by atoms with Gasteiger partial charge in [-0.1, -0.05) is 48.5 Å². The normalized spacial score (nSPS) is 16.4. The van der Waals surface area contributed by atoms with E-state index in [1.807, 2.05) is 48.5 Å². The molecule has 0 saturated carbocycles. The fourth-order valence-corrected chi connectivity index (χ4v) is 6.12. The van der Waals surface area contributed by atoms with Gasteiger partial charge in [0.2, 0.25) is 0 Å². The number of nitro groups is 1. The van der Waals surface area contributed by atoms with Crippen LogP contribution in [0.15, 0.2) is 82.4 Å². The number of nitrogens with one attached hydrogen (secondary N) is 1. The van der Waals surface area contributed by atoms with Gasteiger partial charge in [-0.15, -0.1) is 0 Å². The number of hydrogen-bond donors (Lipinski definition) is 2. The predicted molar refractivity (Wildman–Crippen MR) is 159 cm³/mol. The van der Waals surface area contributed by atoms with Crippen LogP contribution < -0.4 is 16.6 Å². The first kappa shape index (κ1) is 25.4. The fraction of sp³-hybridized carbons (Fsp3) is 0.161. The molecule has 3 heterocycles. The zero-order chi connectivity index (χ0) is 29.3. The summed E-state index contributed by atoms with van der Waals surface area (Å²) in [6, 6.07) is 20.4. The first-order valence-electron chi connectivity index (χ1n) is 13.4. The van der Waals surface area contributed by atoms with Gasteiger partial charge in [-0.05, 0) is 24.1 Å². The van der Waals surface area contributed by atoms with Crippen molar-refractivity contribution in [1.82, 2.24) is 19.1 Å². The van der Waals surface area contributed by atoms with Crippen molar-refractivity contribution in [3.8, 4) is 5.75 Å². The Kier molecular flexibility index (Phi) is 5.58. The number of aromatic nitrogens is 4. The molecule has 1 aliphatic heterocycles. The van der Waals surface area contributed by atoms with E-state index in [4.69, 9.17) is 9.97 Å². The molecule has 6 aromatic rings. The standard InChI is InChI=1S/C31H24N6O5/c1-35-29-24(30(39)36(2)31(35)40)20(16-11-13-17(14-12-16)37(41)42)15-23(34-29)25-27-26(18-7-3-4-8-19(18)28(25)38)32-21-9-5-6-10-22(21)33-27/h3-14,20,23,34,38H,15H2,1-2H3. The van der Waals surface area contributed by atoms with Crippen LogP contribution >= 0.6 is 0 Å². The maximum Gasteiger partial charge on any atom is 0.332 e. The monoisotopic (exact) mass is 560 g/mol. The van der Waals surface area contributed by atoms with E-state index < -0.39 is 28.1 Å². The summed E-state index contributed by atoms with van der Waals surface area (Å²) in [7, 11) is 3.00. The van der Waals surface area contributed by atoms with E-state index >= 15 is 0 Å². The lowest BCUT2D eigenvalue weighted by Gasteiger charge is -2.35. The Morgan fingerprint density at radius 2 is 1.48 bits per heavy atom. The average Bonchev–Trinajstić information content (AvgIpc) is 3.01. The van der Waals surface area contributed by atoms with Crippen molar-refractivity contribution in [2.24, 2.45) is 14.1 Å². The molecule has 0 radical (unpaired) electrons. The molecule has 1 aliphatic rings. The first-order valence-corrected chi connectivity index (χ1v) is 13.4. The minimum absolute atomic E-state index is 0.0277. The summed E-state index contributed by atoms with van der Waals surface area (Å²) in [5.41, 5.74) is 2.99. The average molecular weight is 561 g/mol. The largest absolute Gasteiger partial charge is 0.507 e. The van der Waals surface area contributed by atoms with Crippen LogP contribution in [0.5, 0.6) is 5.75 Å². The van der Waals surface area contributed by atoms with E-state index in [1.54, 1.807) is 19.2 Å². The number of anilines is 1. The number of nitrogens with zero attached hydrogens (tertiary/aromatic N) is 5. The van der Waals surface area contributed by atoms with Crippen LogP contribution in [0.1, 0.15) is 35.1 Å². The summed E-state index contributed by atoms with van der Waals surface area (Å²) >= 11 is 0. The second-order valence-electron chi connectivity index (χ2n) is 10.5. The highest BCUT2D eigenvalue weighted by molar-refractivity contribution is 6.10. The van der Waals surface area contributed by atoms with Gasteiger partial charge in [-0.2, -0.15) is 0 Å². The predicted octanol–water partition coefficient (Wildman–Crippen LogP) is 4.64. The lowest BCUT2D eigenvalue weighted by molar-refractivity contribution is -0.384. The molecular weight excluding hydrogens is 536 g/mol. The van der Waals surface area contributed by atoms with Gasteiger partial charge < -0.3 is 10.4 Å². The molecule has 0 saturated heterocycles. The number of rotatable bonds is 3. The number of aromatic hydroxyl groups is 1. The van der Waals surface area contributed by atoms with Crippen LogP contribution in [0, 0.1) is 10.1 Å². The second kappa shape index (κ2) is 9.23. The number of para-hydroxylation sites is 2. The third-order valence-electron chi connectivity index (χ3n) is 8.20. The Morgan fingerprint density at radius 1 is 0.857 bits per heavy atom. The Labute approximate surface area is 237 Å². The van der Waals surface area contributed by atoms with E-state index in [-0.39, 0.29) is 11.4 Å². The smallest absolute Gasteiger partial charge is 0.332 e. The third kappa shape index (κ3) is 3.66.